The number of carbonyl (C=O) groups is 1. The first-order chi connectivity index (χ1) is 8.30. The van der Waals surface area contributed by atoms with Crippen LogP contribution in [0.5, 0.6) is 5.75 Å². The van der Waals surface area contributed by atoms with Crippen molar-refractivity contribution in [1.82, 2.24) is 0 Å². The Morgan fingerprint density at radius 3 is 2.67 bits per heavy atom. The molecule has 3 nitrogen and oxygen atoms in total. The minimum atomic E-state index is -0.693. The average Bonchev–Trinajstić information content (AvgIpc) is 2.55. The third-order valence-electron chi connectivity index (χ3n) is 3.80. The summed E-state index contributed by atoms with van der Waals surface area (Å²) in [4.78, 5) is 12.0. The van der Waals surface area contributed by atoms with Crippen LogP contribution in [0.4, 0.5) is 5.69 Å². The molecular weight excluding hydrogens is 226 g/mol. The maximum Gasteiger partial charge on any atom is 0.234 e. The van der Waals surface area contributed by atoms with Gasteiger partial charge in [-0.05, 0) is 32.4 Å². The van der Waals surface area contributed by atoms with E-state index in [1.165, 1.54) is 0 Å². The highest BCUT2D eigenvalue weighted by molar-refractivity contribution is 6.07. The van der Waals surface area contributed by atoms with Crippen molar-refractivity contribution in [2.24, 2.45) is 0 Å². The summed E-state index contributed by atoms with van der Waals surface area (Å²) in [6, 6.07) is 1.92. The molecule has 1 aromatic carbocycles. The highest BCUT2D eigenvalue weighted by atomic mass is 16.3. The van der Waals surface area contributed by atoms with E-state index in [0.717, 1.165) is 16.8 Å². The Labute approximate surface area is 108 Å². The molecule has 0 saturated carbocycles. The Balaban J connectivity index is 2.75. The molecule has 18 heavy (non-hydrogen) atoms. The highest BCUT2D eigenvalue weighted by Crippen LogP contribution is 2.47. The Morgan fingerprint density at radius 2 is 2.11 bits per heavy atom. The summed E-state index contributed by atoms with van der Waals surface area (Å²) in [6.07, 6.45) is 1.79. The number of fused-ring (bicyclic) bond motifs is 1. The predicted molar refractivity (Wildman–Crippen MR) is 73.1 cm³/mol. The first kappa shape index (κ1) is 12.7. The van der Waals surface area contributed by atoms with Gasteiger partial charge in [0.05, 0.1) is 11.1 Å². The summed E-state index contributed by atoms with van der Waals surface area (Å²) in [7, 11) is 0. The van der Waals surface area contributed by atoms with Gasteiger partial charge in [-0.2, -0.15) is 0 Å². The van der Waals surface area contributed by atoms with Crippen LogP contribution < -0.4 is 5.32 Å². The van der Waals surface area contributed by atoms with Crippen molar-refractivity contribution in [2.45, 2.75) is 39.0 Å². The van der Waals surface area contributed by atoms with Gasteiger partial charge in [0.15, 0.2) is 0 Å². The van der Waals surface area contributed by atoms with Crippen LogP contribution in [0.15, 0.2) is 18.7 Å². The fourth-order valence-corrected chi connectivity index (χ4v) is 2.46. The first-order valence-electron chi connectivity index (χ1n) is 6.11. The second-order valence-corrected chi connectivity index (χ2v) is 5.48. The summed E-state index contributed by atoms with van der Waals surface area (Å²) in [5.74, 6) is 0.200. The van der Waals surface area contributed by atoms with Crippen LogP contribution in [0.25, 0.3) is 0 Å². The van der Waals surface area contributed by atoms with Gasteiger partial charge in [0.25, 0.3) is 0 Å². The number of hydrogen-bond donors (Lipinski definition) is 2. The van der Waals surface area contributed by atoms with Crippen molar-refractivity contribution in [3.63, 3.8) is 0 Å². The molecule has 0 fully saturated rings. The molecule has 1 aliphatic heterocycles. The highest BCUT2D eigenvalue weighted by Gasteiger charge is 2.42. The van der Waals surface area contributed by atoms with Crippen LogP contribution >= 0.6 is 0 Å². The smallest absolute Gasteiger partial charge is 0.234 e. The molecule has 1 aromatic rings. The van der Waals surface area contributed by atoms with Crippen molar-refractivity contribution < 1.29 is 9.90 Å². The Hall–Kier alpha value is -1.77. The van der Waals surface area contributed by atoms with Gasteiger partial charge in [-0.3, -0.25) is 4.79 Å². The van der Waals surface area contributed by atoms with Crippen LogP contribution in [0.1, 0.15) is 43.4 Å². The number of aromatic hydroxyl groups is 1. The lowest BCUT2D eigenvalue weighted by Gasteiger charge is -2.20. The Bertz CT molecular complexity index is 544. The predicted octanol–water partition coefficient (Wildman–Crippen LogP) is 3.22. The van der Waals surface area contributed by atoms with E-state index in [1.807, 2.05) is 33.8 Å². The van der Waals surface area contributed by atoms with E-state index in [-0.39, 0.29) is 17.6 Å². The molecule has 0 saturated heterocycles. The van der Waals surface area contributed by atoms with E-state index in [9.17, 15) is 9.90 Å². The lowest BCUT2D eigenvalue weighted by molar-refractivity contribution is -0.119. The number of allylic oxidation sites excluding steroid dienone is 1. The van der Waals surface area contributed by atoms with Gasteiger partial charge in [-0.15, -0.1) is 6.58 Å². The molecule has 1 heterocycles. The number of carbonyl (C=O) groups excluding carboxylic acids is 1. The molecule has 0 aromatic heterocycles. The number of nitrogens with one attached hydrogen (secondary N) is 1. The Kier molecular flexibility index (Phi) is 2.73. The molecule has 1 atom stereocenters. The van der Waals surface area contributed by atoms with Crippen LogP contribution in [0.2, 0.25) is 0 Å². The van der Waals surface area contributed by atoms with E-state index in [0.29, 0.717) is 5.56 Å². The van der Waals surface area contributed by atoms with Gasteiger partial charge in [-0.25, -0.2) is 0 Å². The number of hydrogen-bond acceptors (Lipinski definition) is 2. The third-order valence-corrected chi connectivity index (χ3v) is 3.80. The lowest BCUT2D eigenvalue weighted by atomic mass is 9.82. The van der Waals surface area contributed by atoms with Gasteiger partial charge < -0.3 is 10.4 Å². The molecule has 0 spiro atoms. The molecule has 3 heteroatoms. The molecule has 0 aliphatic carbocycles. The third kappa shape index (κ3) is 1.54. The fraction of sp³-hybridized carbons (Fsp3) is 0.400. The minimum absolute atomic E-state index is 0.0560. The molecular formula is C15H19NO2. The second-order valence-electron chi connectivity index (χ2n) is 5.48. The van der Waals surface area contributed by atoms with Crippen molar-refractivity contribution in [3.05, 3.63) is 35.4 Å². The largest absolute Gasteiger partial charge is 0.507 e. The molecule has 2 N–H and O–H groups in total. The van der Waals surface area contributed by atoms with Crippen molar-refractivity contribution in [3.8, 4) is 5.75 Å². The van der Waals surface area contributed by atoms with Crippen LogP contribution in [0.3, 0.4) is 0 Å². The van der Waals surface area contributed by atoms with Gasteiger partial charge in [0, 0.05) is 17.0 Å². The molecule has 96 valence electrons. The maximum atomic E-state index is 12.0. The number of phenols is 1. The number of aryl methyl sites for hydroxylation is 1. The van der Waals surface area contributed by atoms with Crippen molar-refractivity contribution in [2.75, 3.05) is 5.32 Å². The average molecular weight is 245 g/mol. The fourth-order valence-electron chi connectivity index (χ4n) is 2.46. The van der Waals surface area contributed by atoms with E-state index in [2.05, 4.69) is 11.9 Å². The summed E-state index contributed by atoms with van der Waals surface area (Å²) < 4.78 is 0. The number of benzene rings is 1. The van der Waals surface area contributed by atoms with E-state index < -0.39 is 5.41 Å². The minimum Gasteiger partial charge on any atom is -0.507 e. The quantitative estimate of drug-likeness (QED) is 0.786. The number of phenolic OH excluding ortho intramolecular Hbond substituents is 1. The van der Waals surface area contributed by atoms with E-state index in [1.54, 1.807) is 6.08 Å². The molecule has 0 radical (unpaired) electrons. The maximum absolute atomic E-state index is 12.0. The SMILES string of the molecule is C=CC(C)c1cc(C)c2c(c1O)C(C)(C)C(=O)N2. The van der Waals surface area contributed by atoms with E-state index in [4.69, 9.17) is 0 Å². The molecule has 0 bridgehead atoms. The summed E-state index contributed by atoms with van der Waals surface area (Å²) in [5.41, 5.74) is 2.57. The molecule has 2 rings (SSSR count). The van der Waals surface area contributed by atoms with Crippen LogP contribution in [0, 0.1) is 6.92 Å². The van der Waals surface area contributed by atoms with Gasteiger partial charge >= 0.3 is 0 Å². The monoisotopic (exact) mass is 245 g/mol. The molecule has 1 amide bonds. The van der Waals surface area contributed by atoms with Gasteiger partial charge in [-0.1, -0.05) is 13.0 Å². The van der Waals surface area contributed by atoms with Crippen LogP contribution in [-0.2, 0) is 10.2 Å². The first-order valence-corrected chi connectivity index (χ1v) is 6.11. The van der Waals surface area contributed by atoms with E-state index >= 15 is 0 Å². The summed E-state index contributed by atoms with van der Waals surface area (Å²) >= 11 is 0. The van der Waals surface area contributed by atoms with Gasteiger partial charge in [0.1, 0.15) is 5.75 Å². The van der Waals surface area contributed by atoms with Crippen molar-refractivity contribution in [1.29, 1.82) is 0 Å². The second kappa shape index (κ2) is 3.87. The van der Waals surface area contributed by atoms with Crippen LogP contribution in [-0.4, -0.2) is 11.0 Å². The molecule has 1 aliphatic rings. The van der Waals surface area contributed by atoms with Crippen molar-refractivity contribution >= 4 is 11.6 Å². The number of anilines is 1. The molecule has 1 unspecified atom stereocenters. The topological polar surface area (TPSA) is 49.3 Å². The number of amides is 1. The zero-order valence-electron chi connectivity index (χ0n) is 11.3. The lowest BCUT2D eigenvalue weighted by Crippen LogP contribution is -2.27. The summed E-state index contributed by atoms with van der Waals surface area (Å²) in [6.45, 7) is 11.3. The number of rotatable bonds is 2. The summed E-state index contributed by atoms with van der Waals surface area (Å²) in [5, 5.41) is 13.3. The standard InChI is InChI=1S/C15H19NO2/c1-6-8(2)10-7-9(3)12-11(13(10)17)15(4,5)14(18)16-12/h6-8,17H,1H2,2-5H3,(H,16,18). The normalized spacial score (nSPS) is 18.1. The van der Waals surface area contributed by atoms with Gasteiger partial charge in [0.2, 0.25) is 5.91 Å². The zero-order valence-corrected chi connectivity index (χ0v) is 11.3. The zero-order chi connectivity index (χ0) is 13.7. The Morgan fingerprint density at radius 1 is 1.50 bits per heavy atom.